The number of nitrogens with one attached hydrogen (secondary N) is 1. The summed E-state index contributed by atoms with van der Waals surface area (Å²) in [6.45, 7) is 2.58. The van der Waals surface area contributed by atoms with Gasteiger partial charge in [0.25, 0.3) is 0 Å². The van der Waals surface area contributed by atoms with Crippen LogP contribution >= 0.6 is 0 Å². The molecule has 2 saturated heterocycles. The van der Waals surface area contributed by atoms with E-state index in [0.717, 1.165) is 24.2 Å². The zero-order chi connectivity index (χ0) is 19.7. The smallest absolute Gasteiger partial charge is 0.249 e. The molecule has 1 aromatic rings. The van der Waals surface area contributed by atoms with Crippen LogP contribution in [-0.4, -0.2) is 88.8 Å². The maximum absolute atomic E-state index is 12.7. The third-order valence-electron chi connectivity index (χ3n) is 6.27. The fourth-order valence-electron chi connectivity index (χ4n) is 4.81. The fraction of sp³-hybridized carbons (Fsp3) is 0.684. The van der Waals surface area contributed by atoms with Crippen LogP contribution in [0.1, 0.15) is 37.1 Å². The minimum Gasteiger partial charge on any atom is -0.375 e. The molecule has 9 heteroatoms. The molecule has 0 atom stereocenters. The average molecular weight is 389 g/mol. The van der Waals surface area contributed by atoms with Crippen molar-refractivity contribution in [3.63, 3.8) is 0 Å². The molecule has 28 heavy (non-hydrogen) atoms. The Morgan fingerprint density at radius 2 is 1.96 bits per heavy atom. The van der Waals surface area contributed by atoms with Crippen LogP contribution in [0.15, 0.2) is 6.33 Å². The van der Waals surface area contributed by atoms with Crippen LogP contribution in [0.5, 0.6) is 0 Å². The standard InChI is InChI=1S/C19H27N5O4/c1-28-12-17(27)24-8-4-14-18(21-13-20-14)19(24)5-9-22(10-6-19)16(26)11-23-7-2-3-15(23)25/h13H,2-12H2,1H3,(H,20,21). The Labute approximate surface area is 164 Å². The van der Waals surface area contributed by atoms with Crippen molar-refractivity contribution >= 4 is 17.7 Å². The molecule has 0 radical (unpaired) electrons. The average Bonchev–Trinajstić information content (AvgIpc) is 3.33. The Morgan fingerprint density at radius 1 is 1.18 bits per heavy atom. The molecule has 3 aliphatic heterocycles. The summed E-state index contributed by atoms with van der Waals surface area (Å²) in [5, 5.41) is 0. The third kappa shape index (κ3) is 3.17. The molecule has 0 aliphatic carbocycles. The number of hydrogen-bond acceptors (Lipinski definition) is 5. The van der Waals surface area contributed by atoms with Gasteiger partial charge in [0.05, 0.1) is 24.1 Å². The molecule has 1 aromatic heterocycles. The van der Waals surface area contributed by atoms with Crippen molar-refractivity contribution in [1.82, 2.24) is 24.7 Å². The number of piperidine rings is 1. The van der Waals surface area contributed by atoms with E-state index in [9.17, 15) is 14.4 Å². The highest BCUT2D eigenvalue weighted by atomic mass is 16.5. The monoisotopic (exact) mass is 389 g/mol. The van der Waals surface area contributed by atoms with Gasteiger partial charge in [-0.15, -0.1) is 0 Å². The summed E-state index contributed by atoms with van der Waals surface area (Å²) in [6, 6.07) is 0. The first-order chi connectivity index (χ1) is 13.5. The van der Waals surface area contributed by atoms with Gasteiger partial charge in [-0.2, -0.15) is 0 Å². The van der Waals surface area contributed by atoms with Gasteiger partial charge in [0.1, 0.15) is 6.61 Å². The number of rotatable bonds is 4. The van der Waals surface area contributed by atoms with E-state index >= 15 is 0 Å². The Bertz CT molecular complexity index is 768. The van der Waals surface area contributed by atoms with Crippen LogP contribution in [0.2, 0.25) is 0 Å². The highest BCUT2D eigenvalue weighted by Gasteiger charge is 2.49. The number of aromatic amines is 1. The summed E-state index contributed by atoms with van der Waals surface area (Å²) >= 11 is 0. The number of carbonyl (C=O) groups is 3. The van der Waals surface area contributed by atoms with Gasteiger partial charge in [-0.3, -0.25) is 14.4 Å². The summed E-state index contributed by atoms with van der Waals surface area (Å²) in [4.78, 5) is 50.3. The zero-order valence-corrected chi connectivity index (χ0v) is 16.3. The first-order valence-corrected chi connectivity index (χ1v) is 9.93. The van der Waals surface area contributed by atoms with Crippen LogP contribution in [-0.2, 0) is 31.1 Å². The van der Waals surface area contributed by atoms with Crippen molar-refractivity contribution in [3.05, 3.63) is 17.7 Å². The Morgan fingerprint density at radius 3 is 2.64 bits per heavy atom. The normalized spacial score (nSPS) is 21.3. The van der Waals surface area contributed by atoms with E-state index < -0.39 is 5.54 Å². The van der Waals surface area contributed by atoms with Gasteiger partial charge in [0.2, 0.25) is 17.7 Å². The second kappa shape index (κ2) is 7.54. The van der Waals surface area contributed by atoms with Gasteiger partial charge in [-0.1, -0.05) is 0 Å². The molecule has 4 rings (SSSR count). The number of nitrogens with zero attached hydrogens (tertiary/aromatic N) is 4. The number of hydrogen-bond donors (Lipinski definition) is 1. The van der Waals surface area contributed by atoms with Crippen LogP contribution < -0.4 is 0 Å². The quantitative estimate of drug-likeness (QED) is 0.774. The van der Waals surface area contributed by atoms with E-state index in [4.69, 9.17) is 4.74 Å². The highest BCUT2D eigenvalue weighted by Crippen LogP contribution is 2.42. The van der Waals surface area contributed by atoms with Crippen molar-refractivity contribution in [2.45, 2.75) is 37.6 Å². The van der Waals surface area contributed by atoms with Gasteiger partial charge in [0.15, 0.2) is 0 Å². The van der Waals surface area contributed by atoms with E-state index in [1.165, 1.54) is 7.11 Å². The van der Waals surface area contributed by atoms with Gasteiger partial charge < -0.3 is 24.4 Å². The number of ether oxygens (including phenoxy) is 1. The van der Waals surface area contributed by atoms with Crippen molar-refractivity contribution < 1.29 is 19.1 Å². The maximum Gasteiger partial charge on any atom is 0.249 e. The molecule has 0 bridgehead atoms. The van der Waals surface area contributed by atoms with Crippen molar-refractivity contribution in [2.24, 2.45) is 0 Å². The summed E-state index contributed by atoms with van der Waals surface area (Å²) in [7, 11) is 1.52. The van der Waals surface area contributed by atoms with Crippen molar-refractivity contribution in [1.29, 1.82) is 0 Å². The molecule has 2 fully saturated rings. The molecule has 3 amide bonds. The van der Waals surface area contributed by atoms with Gasteiger partial charge in [0, 0.05) is 51.8 Å². The maximum atomic E-state index is 12.7. The van der Waals surface area contributed by atoms with E-state index in [-0.39, 0.29) is 30.9 Å². The second-order valence-corrected chi connectivity index (χ2v) is 7.79. The van der Waals surface area contributed by atoms with Gasteiger partial charge >= 0.3 is 0 Å². The number of imidazole rings is 1. The van der Waals surface area contributed by atoms with Gasteiger partial charge in [-0.05, 0) is 19.3 Å². The lowest BCUT2D eigenvalue weighted by Gasteiger charge is -2.50. The van der Waals surface area contributed by atoms with Crippen molar-refractivity contribution in [3.8, 4) is 0 Å². The minimum absolute atomic E-state index is 0.0158. The molecule has 9 nitrogen and oxygen atoms in total. The second-order valence-electron chi connectivity index (χ2n) is 7.79. The summed E-state index contributed by atoms with van der Waals surface area (Å²) < 4.78 is 5.08. The lowest BCUT2D eigenvalue weighted by molar-refractivity contribution is -0.148. The molecule has 1 spiro atoms. The van der Waals surface area contributed by atoms with E-state index in [0.29, 0.717) is 45.4 Å². The number of carbonyl (C=O) groups excluding carboxylic acids is 3. The first kappa shape index (κ1) is 18.9. The Kier molecular flexibility index (Phi) is 5.09. The molecular formula is C19H27N5O4. The summed E-state index contributed by atoms with van der Waals surface area (Å²) in [5.74, 6) is 0.00290. The van der Waals surface area contributed by atoms with Crippen LogP contribution in [0.4, 0.5) is 0 Å². The summed E-state index contributed by atoms with van der Waals surface area (Å²) in [6.07, 6.45) is 5.07. The minimum atomic E-state index is -0.497. The van der Waals surface area contributed by atoms with Crippen LogP contribution in [0.3, 0.4) is 0 Å². The number of amides is 3. The van der Waals surface area contributed by atoms with Crippen LogP contribution in [0, 0.1) is 0 Å². The number of fused-ring (bicyclic) bond motifs is 2. The number of H-pyrrole nitrogens is 1. The molecule has 0 unspecified atom stereocenters. The molecule has 0 saturated carbocycles. The SMILES string of the molecule is COCC(=O)N1CCc2[nH]cnc2C12CCN(C(=O)CN1CCCC1=O)CC2. The lowest BCUT2D eigenvalue weighted by Crippen LogP contribution is -2.60. The fourth-order valence-corrected chi connectivity index (χ4v) is 4.81. The Hall–Kier alpha value is -2.42. The molecule has 1 N–H and O–H groups in total. The number of methoxy groups -OCH3 is 1. The third-order valence-corrected chi connectivity index (χ3v) is 6.27. The largest absolute Gasteiger partial charge is 0.375 e. The van der Waals surface area contributed by atoms with E-state index in [1.54, 1.807) is 11.2 Å². The molecule has 4 heterocycles. The van der Waals surface area contributed by atoms with Crippen molar-refractivity contribution in [2.75, 3.05) is 46.4 Å². The topological polar surface area (TPSA) is 98.8 Å². The van der Waals surface area contributed by atoms with E-state index in [2.05, 4.69) is 9.97 Å². The lowest BCUT2D eigenvalue weighted by atomic mass is 9.78. The van der Waals surface area contributed by atoms with Crippen LogP contribution in [0.25, 0.3) is 0 Å². The summed E-state index contributed by atoms with van der Waals surface area (Å²) in [5.41, 5.74) is 1.50. The molecule has 0 aromatic carbocycles. The number of likely N-dealkylation sites (tertiary alicyclic amines) is 2. The molecule has 3 aliphatic rings. The Balaban J connectivity index is 1.49. The molecule has 152 valence electrons. The zero-order valence-electron chi connectivity index (χ0n) is 16.3. The predicted molar refractivity (Wildman–Crippen MR) is 99.2 cm³/mol. The predicted octanol–water partition coefficient (Wildman–Crippen LogP) is -0.119. The highest BCUT2D eigenvalue weighted by molar-refractivity contribution is 5.86. The first-order valence-electron chi connectivity index (χ1n) is 9.93. The molecular weight excluding hydrogens is 362 g/mol. The van der Waals surface area contributed by atoms with Gasteiger partial charge in [-0.25, -0.2) is 4.98 Å². The number of aromatic nitrogens is 2. The van der Waals surface area contributed by atoms with E-state index in [1.807, 2.05) is 9.80 Å².